The summed E-state index contributed by atoms with van der Waals surface area (Å²) >= 11 is 0. The first-order chi connectivity index (χ1) is 13.2. The van der Waals surface area contributed by atoms with E-state index in [0.717, 1.165) is 18.5 Å². The molecule has 3 aromatic rings. The number of nitrogens with zero attached hydrogens (tertiary/aromatic N) is 4. The molecule has 2 aromatic heterocycles. The topological polar surface area (TPSA) is 81.4 Å². The van der Waals surface area contributed by atoms with Crippen LogP contribution in [0.1, 0.15) is 40.6 Å². The molecular formula is C20H20N4O3. The first-order valence-corrected chi connectivity index (χ1v) is 8.92. The summed E-state index contributed by atoms with van der Waals surface area (Å²) in [6.07, 6.45) is 3.84. The highest BCUT2D eigenvalue weighted by molar-refractivity contribution is 5.94. The van der Waals surface area contributed by atoms with Crippen LogP contribution in [0, 0.1) is 6.92 Å². The average Bonchev–Trinajstić information content (AvgIpc) is 3.46. The smallest absolute Gasteiger partial charge is 0.254 e. The first-order valence-electron chi connectivity index (χ1n) is 8.92. The van der Waals surface area contributed by atoms with Crippen molar-refractivity contribution in [1.29, 1.82) is 0 Å². The summed E-state index contributed by atoms with van der Waals surface area (Å²) in [5.74, 6) is 1.66. The molecule has 7 heteroatoms. The molecule has 2 heterocycles. The third kappa shape index (κ3) is 4.31. The number of carbonyl (C=O) groups is 1. The highest BCUT2D eigenvalue weighted by atomic mass is 16.5. The average molecular weight is 364 g/mol. The minimum atomic E-state index is 0.0171. The predicted octanol–water partition coefficient (Wildman–Crippen LogP) is 3.16. The Bertz CT molecular complexity index is 904. The summed E-state index contributed by atoms with van der Waals surface area (Å²) in [4.78, 5) is 23.3. The van der Waals surface area contributed by atoms with Crippen LogP contribution in [0.4, 0.5) is 0 Å². The molecule has 7 nitrogen and oxygen atoms in total. The maximum absolute atomic E-state index is 12.9. The monoisotopic (exact) mass is 364 g/mol. The van der Waals surface area contributed by atoms with Crippen molar-refractivity contribution in [2.24, 2.45) is 0 Å². The van der Waals surface area contributed by atoms with E-state index < -0.39 is 0 Å². The van der Waals surface area contributed by atoms with Crippen molar-refractivity contribution < 1.29 is 14.1 Å². The van der Waals surface area contributed by atoms with E-state index in [4.69, 9.17) is 9.26 Å². The van der Waals surface area contributed by atoms with Crippen molar-refractivity contribution >= 4 is 5.91 Å². The lowest BCUT2D eigenvalue weighted by Crippen LogP contribution is -2.32. The second-order valence-corrected chi connectivity index (χ2v) is 6.53. The zero-order valence-electron chi connectivity index (χ0n) is 15.0. The largest absolute Gasteiger partial charge is 0.485 e. The summed E-state index contributed by atoms with van der Waals surface area (Å²) in [6, 6.07) is 13.2. The van der Waals surface area contributed by atoms with Gasteiger partial charge in [0.25, 0.3) is 5.91 Å². The van der Waals surface area contributed by atoms with Gasteiger partial charge in [0.1, 0.15) is 5.75 Å². The number of hydrogen-bond donors (Lipinski definition) is 0. The zero-order valence-corrected chi connectivity index (χ0v) is 15.0. The summed E-state index contributed by atoms with van der Waals surface area (Å²) in [5, 5.41) is 3.79. The molecular weight excluding hydrogens is 344 g/mol. The highest BCUT2D eigenvalue weighted by Crippen LogP contribution is 2.30. The zero-order chi connectivity index (χ0) is 18.6. The number of carbonyl (C=O) groups excluding carboxylic acids is 1. The van der Waals surface area contributed by atoms with Gasteiger partial charge < -0.3 is 14.2 Å². The van der Waals surface area contributed by atoms with Gasteiger partial charge in [-0.15, -0.1) is 0 Å². The molecule has 0 aliphatic heterocycles. The molecule has 138 valence electrons. The van der Waals surface area contributed by atoms with E-state index >= 15 is 0 Å². The van der Waals surface area contributed by atoms with E-state index in [0.29, 0.717) is 35.6 Å². The Labute approximate surface area is 157 Å². The fraction of sp³-hybridized carbons (Fsp3) is 0.300. The number of hydrogen-bond acceptors (Lipinski definition) is 6. The van der Waals surface area contributed by atoms with Gasteiger partial charge in [0.05, 0.1) is 12.2 Å². The lowest BCUT2D eigenvalue weighted by Gasteiger charge is -2.22. The van der Waals surface area contributed by atoms with Gasteiger partial charge in [0.2, 0.25) is 11.7 Å². The lowest BCUT2D eigenvalue weighted by atomic mass is 10.1. The molecule has 1 aromatic carbocycles. The summed E-state index contributed by atoms with van der Waals surface area (Å²) in [6.45, 7) is 2.48. The van der Waals surface area contributed by atoms with Crippen molar-refractivity contribution in [1.82, 2.24) is 20.0 Å². The second-order valence-electron chi connectivity index (χ2n) is 6.53. The van der Waals surface area contributed by atoms with Gasteiger partial charge in [0.15, 0.2) is 6.61 Å². The van der Waals surface area contributed by atoms with Crippen molar-refractivity contribution in [3.8, 4) is 5.75 Å². The molecule has 1 aliphatic carbocycles. The number of amides is 1. The van der Waals surface area contributed by atoms with Crippen LogP contribution < -0.4 is 4.74 Å². The molecule has 27 heavy (non-hydrogen) atoms. The van der Waals surface area contributed by atoms with Gasteiger partial charge >= 0.3 is 0 Å². The van der Waals surface area contributed by atoms with Crippen LogP contribution in [0.15, 0.2) is 53.2 Å². The summed E-state index contributed by atoms with van der Waals surface area (Å²) < 4.78 is 10.5. The molecule has 0 saturated heterocycles. The van der Waals surface area contributed by atoms with Crippen LogP contribution in [0.2, 0.25) is 0 Å². The first kappa shape index (κ1) is 17.2. The minimum absolute atomic E-state index is 0.0171. The Morgan fingerprint density at radius 3 is 2.67 bits per heavy atom. The van der Waals surface area contributed by atoms with E-state index in [2.05, 4.69) is 15.1 Å². The third-order valence-electron chi connectivity index (χ3n) is 4.35. The summed E-state index contributed by atoms with van der Waals surface area (Å²) in [7, 11) is 0. The van der Waals surface area contributed by atoms with E-state index in [1.807, 2.05) is 23.1 Å². The Balaban J connectivity index is 1.41. The Morgan fingerprint density at radius 1 is 1.22 bits per heavy atom. The Kier molecular flexibility index (Phi) is 4.82. The number of benzene rings is 1. The van der Waals surface area contributed by atoms with Crippen molar-refractivity contribution in [3.05, 3.63) is 71.6 Å². The van der Waals surface area contributed by atoms with E-state index in [9.17, 15) is 4.79 Å². The molecule has 4 rings (SSSR count). The molecule has 0 atom stereocenters. The lowest BCUT2D eigenvalue weighted by molar-refractivity contribution is 0.0727. The number of rotatable bonds is 7. The molecule has 1 saturated carbocycles. The van der Waals surface area contributed by atoms with Gasteiger partial charge in [-0.1, -0.05) is 11.2 Å². The molecule has 0 bridgehead atoms. The maximum atomic E-state index is 12.9. The van der Waals surface area contributed by atoms with Crippen LogP contribution in [-0.2, 0) is 13.2 Å². The van der Waals surface area contributed by atoms with E-state index in [1.165, 1.54) is 0 Å². The van der Waals surface area contributed by atoms with Crippen LogP contribution in [0.3, 0.4) is 0 Å². The molecule has 0 spiro atoms. The van der Waals surface area contributed by atoms with Crippen LogP contribution >= 0.6 is 0 Å². The van der Waals surface area contributed by atoms with Gasteiger partial charge in [-0.2, -0.15) is 4.98 Å². The van der Waals surface area contributed by atoms with Gasteiger partial charge in [0, 0.05) is 24.7 Å². The number of ether oxygens (including phenoxy) is 1. The SMILES string of the molecule is Cc1nc(COc2ccc(C(=O)N(Cc3ccccn3)C3CC3)cc2)no1. The Morgan fingerprint density at radius 2 is 2.04 bits per heavy atom. The van der Waals surface area contributed by atoms with E-state index in [1.54, 1.807) is 37.4 Å². The molecule has 0 unspecified atom stereocenters. The maximum Gasteiger partial charge on any atom is 0.254 e. The quantitative estimate of drug-likeness (QED) is 0.640. The fourth-order valence-corrected chi connectivity index (χ4v) is 2.83. The van der Waals surface area contributed by atoms with Gasteiger partial charge in [-0.05, 0) is 49.2 Å². The molecule has 1 aliphatic rings. The van der Waals surface area contributed by atoms with Crippen LogP contribution in [0.25, 0.3) is 0 Å². The van der Waals surface area contributed by atoms with Crippen LogP contribution in [-0.4, -0.2) is 32.0 Å². The van der Waals surface area contributed by atoms with Gasteiger partial charge in [-0.25, -0.2) is 0 Å². The summed E-state index contributed by atoms with van der Waals surface area (Å²) in [5.41, 5.74) is 1.54. The Hall–Kier alpha value is -3.22. The number of pyridine rings is 1. The minimum Gasteiger partial charge on any atom is -0.485 e. The molecule has 0 N–H and O–H groups in total. The molecule has 1 amide bonds. The van der Waals surface area contributed by atoms with Gasteiger partial charge in [-0.3, -0.25) is 9.78 Å². The molecule has 0 radical (unpaired) electrons. The molecule has 1 fully saturated rings. The highest BCUT2D eigenvalue weighted by Gasteiger charge is 2.33. The third-order valence-corrected chi connectivity index (χ3v) is 4.35. The normalized spacial score (nSPS) is 13.4. The number of aromatic nitrogens is 3. The predicted molar refractivity (Wildman–Crippen MR) is 96.9 cm³/mol. The van der Waals surface area contributed by atoms with Crippen molar-refractivity contribution in [3.63, 3.8) is 0 Å². The fourth-order valence-electron chi connectivity index (χ4n) is 2.83. The van der Waals surface area contributed by atoms with E-state index in [-0.39, 0.29) is 12.5 Å². The van der Waals surface area contributed by atoms with Crippen molar-refractivity contribution in [2.45, 2.75) is 39.0 Å². The van der Waals surface area contributed by atoms with Crippen LogP contribution in [0.5, 0.6) is 5.75 Å². The van der Waals surface area contributed by atoms with Crippen molar-refractivity contribution in [2.75, 3.05) is 0 Å². The number of aryl methyl sites for hydroxylation is 1. The standard InChI is InChI=1S/C20H20N4O3/c1-14-22-19(23-27-14)13-26-18-9-5-15(6-10-18)20(25)24(17-7-8-17)12-16-4-2-3-11-21-16/h2-6,9-11,17H,7-8,12-13H2,1H3. The second kappa shape index (κ2) is 7.57.